The number of likely N-dealkylation sites (tertiary alicyclic amines) is 1. The fourth-order valence-electron chi connectivity index (χ4n) is 2.37. The Bertz CT molecular complexity index is 308. The van der Waals surface area contributed by atoms with Gasteiger partial charge in [-0.15, -0.1) is 0 Å². The Morgan fingerprint density at radius 3 is 2.94 bits per heavy atom. The minimum atomic E-state index is -0.527. The maximum atomic E-state index is 11.8. The SMILES string of the molecule is O=C(CN1CCC(CCO)C1)N1CCOC1=O. The van der Waals surface area contributed by atoms with Crippen LogP contribution < -0.4 is 0 Å². The second-order valence-corrected chi connectivity index (χ2v) is 4.56. The molecule has 2 fully saturated rings. The average Bonchev–Trinajstić information content (AvgIpc) is 2.88. The monoisotopic (exact) mass is 242 g/mol. The number of hydrogen-bond donors (Lipinski definition) is 1. The van der Waals surface area contributed by atoms with Crippen LogP contribution in [0.1, 0.15) is 12.8 Å². The molecule has 2 rings (SSSR count). The van der Waals surface area contributed by atoms with Crippen LogP contribution in [0.15, 0.2) is 0 Å². The van der Waals surface area contributed by atoms with Crippen LogP contribution in [0.25, 0.3) is 0 Å². The van der Waals surface area contributed by atoms with Crippen LogP contribution in [0.3, 0.4) is 0 Å². The minimum Gasteiger partial charge on any atom is -0.447 e. The van der Waals surface area contributed by atoms with Crippen molar-refractivity contribution in [2.75, 3.05) is 39.4 Å². The maximum absolute atomic E-state index is 11.8. The number of carbonyl (C=O) groups is 2. The number of hydrogen-bond acceptors (Lipinski definition) is 5. The molecule has 0 aromatic heterocycles. The summed E-state index contributed by atoms with van der Waals surface area (Å²) >= 11 is 0. The summed E-state index contributed by atoms with van der Waals surface area (Å²) in [5.41, 5.74) is 0. The number of cyclic esters (lactones) is 1. The summed E-state index contributed by atoms with van der Waals surface area (Å²) in [6.45, 7) is 2.83. The van der Waals surface area contributed by atoms with E-state index in [1.807, 2.05) is 4.90 Å². The third-order valence-electron chi connectivity index (χ3n) is 3.33. The van der Waals surface area contributed by atoms with Crippen molar-refractivity contribution in [3.8, 4) is 0 Å². The molecule has 1 N–H and O–H groups in total. The standard InChI is InChI=1S/C11H18N2O4/c14-5-2-9-1-3-12(7-9)8-10(15)13-4-6-17-11(13)16/h9,14H,1-8H2. The Hall–Kier alpha value is -1.14. The highest BCUT2D eigenvalue weighted by Gasteiger charge is 2.31. The number of aliphatic hydroxyl groups is 1. The predicted octanol–water partition coefficient (Wildman–Crippen LogP) is -0.330. The summed E-state index contributed by atoms with van der Waals surface area (Å²) in [5.74, 6) is 0.287. The van der Waals surface area contributed by atoms with Gasteiger partial charge < -0.3 is 9.84 Å². The van der Waals surface area contributed by atoms with E-state index in [0.717, 1.165) is 25.9 Å². The van der Waals surface area contributed by atoms with Crippen LogP contribution in [-0.4, -0.2) is 66.3 Å². The maximum Gasteiger partial charge on any atom is 0.416 e. The van der Waals surface area contributed by atoms with Gasteiger partial charge in [-0.3, -0.25) is 9.69 Å². The van der Waals surface area contributed by atoms with Crippen LogP contribution in [0, 0.1) is 5.92 Å². The molecule has 1 atom stereocenters. The molecule has 2 aliphatic heterocycles. The van der Waals surface area contributed by atoms with E-state index in [1.165, 1.54) is 4.90 Å². The van der Waals surface area contributed by atoms with E-state index >= 15 is 0 Å². The molecule has 6 nitrogen and oxygen atoms in total. The van der Waals surface area contributed by atoms with Crippen LogP contribution in [-0.2, 0) is 9.53 Å². The lowest BCUT2D eigenvalue weighted by Crippen LogP contribution is -2.40. The first-order valence-electron chi connectivity index (χ1n) is 6.01. The molecular formula is C11H18N2O4. The largest absolute Gasteiger partial charge is 0.447 e. The van der Waals surface area contributed by atoms with E-state index in [2.05, 4.69) is 0 Å². The predicted molar refractivity (Wildman–Crippen MR) is 59.3 cm³/mol. The molecule has 1 unspecified atom stereocenters. The molecule has 0 aromatic rings. The molecule has 2 amide bonds. The summed E-state index contributed by atoms with van der Waals surface area (Å²) in [6.07, 6.45) is 1.27. The summed E-state index contributed by atoms with van der Waals surface area (Å²) < 4.78 is 4.73. The highest BCUT2D eigenvalue weighted by Crippen LogP contribution is 2.19. The van der Waals surface area contributed by atoms with Gasteiger partial charge in [-0.1, -0.05) is 0 Å². The second-order valence-electron chi connectivity index (χ2n) is 4.56. The van der Waals surface area contributed by atoms with Gasteiger partial charge >= 0.3 is 6.09 Å². The van der Waals surface area contributed by atoms with Crippen LogP contribution in [0.5, 0.6) is 0 Å². The molecule has 0 saturated carbocycles. The van der Waals surface area contributed by atoms with Gasteiger partial charge in [0.1, 0.15) is 6.61 Å². The van der Waals surface area contributed by atoms with Crippen molar-refractivity contribution in [1.82, 2.24) is 9.80 Å². The Labute approximate surface area is 100 Å². The van der Waals surface area contributed by atoms with Crippen LogP contribution in [0.2, 0.25) is 0 Å². The summed E-state index contributed by atoms with van der Waals surface area (Å²) in [6, 6.07) is 0. The van der Waals surface area contributed by atoms with Gasteiger partial charge in [-0.05, 0) is 25.3 Å². The van der Waals surface area contributed by atoms with Gasteiger partial charge in [0.15, 0.2) is 0 Å². The first-order chi connectivity index (χ1) is 8.20. The lowest BCUT2D eigenvalue weighted by molar-refractivity contribution is -0.128. The number of aliphatic hydroxyl groups excluding tert-OH is 1. The Morgan fingerprint density at radius 1 is 1.47 bits per heavy atom. The Kier molecular flexibility index (Phi) is 3.96. The van der Waals surface area contributed by atoms with Crippen molar-refractivity contribution in [1.29, 1.82) is 0 Å². The quantitative estimate of drug-likeness (QED) is 0.731. The van der Waals surface area contributed by atoms with E-state index in [9.17, 15) is 9.59 Å². The lowest BCUT2D eigenvalue weighted by atomic mass is 10.1. The number of ether oxygens (including phenoxy) is 1. The van der Waals surface area contributed by atoms with Crippen molar-refractivity contribution >= 4 is 12.0 Å². The van der Waals surface area contributed by atoms with Gasteiger partial charge in [0.25, 0.3) is 0 Å². The molecule has 96 valence electrons. The smallest absolute Gasteiger partial charge is 0.416 e. The van der Waals surface area contributed by atoms with E-state index in [-0.39, 0.29) is 19.1 Å². The van der Waals surface area contributed by atoms with Crippen molar-refractivity contribution in [2.45, 2.75) is 12.8 Å². The molecule has 0 aliphatic carbocycles. The number of carbonyl (C=O) groups excluding carboxylic acids is 2. The summed E-state index contributed by atoms with van der Waals surface area (Å²) in [4.78, 5) is 26.2. The zero-order valence-corrected chi connectivity index (χ0v) is 9.80. The number of rotatable bonds is 4. The lowest BCUT2D eigenvalue weighted by Gasteiger charge is -2.18. The highest BCUT2D eigenvalue weighted by molar-refractivity contribution is 5.94. The zero-order chi connectivity index (χ0) is 12.3. The molecule has 2 aliphatic rings. The Balaban J connectivity index is 1.78. The molecule has 0 spiro atoms. The molecule has 0 bridgehead atoms. The first kappa shape index (κ1) is 12.3. The van der Waals surface area contributed by atoms with E-state index in [4.69, 9.17) is 9.84 Å². The molecule has 17 heavy (non-hydrogen) atoms. The molecule has 0 radical (unpaired) electrons. The third-order valence-corrected chi connectivity index (χ3v) is 3.33. The molecule has 2 saturated heterocycles. The normalized spacial score (nSPS) is 25.4. The van der Waals surface area contributed by atoms with Gasteiger partial charge in [-0.25, -0.2) is 9.69 Å². The van der Waals surface area contributed by atoms with E-state index in [0.29, 0.717) is 19.1 Å². The zero-order valence-electron chi connectivity index (χ0n) is 9.80. The summed E-state index contributed by atoms with van der Waals surface area (Å²) in [5, 5.41) is 8.85. The van der Waals surface area contributed by atoms with Crippen molar-refractivity contribution < 1.29 is 19.4 Å². The topological polar surface area (TPSA) is 70.1 Å². The number of imide groups is 1. The molecule has 0 aromatic carbocycles. The van der Waals surface area contributed by atoms with Crippen molar-refractivity contribution in [2.24, 2.45) is 5.92 Å². The Morgan fingerprint density at radius 2 is 2.29 bits per heavy atom. The third kappa shape index (κ3) is 2.95. The average molecular weight is 242 g/mol. The first-order valence-corrected chi connectivity index (χ1v) is 6.01. The van der Waals surface area contributed by atoms with E-state index in [1.54, 1.807) is 0 Å². The van der Waals surface area contributed by atoms with Gasteiger partial charge in [-0.2, -0.15) is 0 Å². The van der Waals surface area contributed by atoms with Gasteiger partial charge in [0.05, 0.1) is 13.1 Å². The molecule has 2 heterocycles. The van der Waals surface area contributed by atoms with Crippen LogP contribution >= 0.6 is 0 Å². The van der Waals surface area contributed by atoms with Crippen molar-refractivity contribution in [3.05, 3.63) is 0 Å². The number of amides is 2. The second kappa shape index (κ2) is 5.46. The molecular weight excluding hydrogens is 224 g/mol. The van der Waals surface area contributed by atoms with Crippen molar-refractivity contribution in [3.63, 3.8) is 0 Å². The van der Waals surface area contributed by atoms with Gasteiger partial charge in [0.2, 0.25) is 5.91 Å². The fraction of sp³-hybridized carbons (Fsp3) is 0.818. The minimum absolute atomic E-state index is 0.183. The summed E-state index contributed by atoms with van der Waals surface area (Å²) in [7, 11) is 0. The highest BCUT2D eigenvalue weighted by atomic mass is 16.6. The molecule has 6 heteroatoms. The van der Waals surface area contributed by atoms with Crippen LogP contribution in [0.4, 0.5) is 4.79 Å². The fourth-order valence-corrected chi connectivity index (χ4v) is 2.37. The van der Waals surface area contributed by atoms with Gasteiger partial charge in [0, 0.05) is 13.2 Å². The number of nitrogens with zero attached hydrogens (tertiary/aromatic N) is 2. The van der Waals surface area contributed by atoms with E-state index < -0.39 is 6.09 Å².